The maximum atomic E-state index is 13.8. The third-order valence-electron chi connectivity index (χ3n) is 5.69. The minimum Gasteiger partial charge on any atom is -0.496 e. The zero-order valence-electron chi connectivity index (χ0n) is 24.4. The topological polar surface area (TPSA) is 100 Å². The quantitative estimate of drug-likeness (QED) is 0.225. The third-order valence-corrected chi connectivity index (χ3v) is 5.69. The van der Waals surface area contributed by atoms with Crippen molar-refractivity contribution in [2.75, 3.05) is 12.0 Å². The molecular weight excluding hydrogens is 550 g/mol. The molecule has 1 aromatic heterocycles. The molecule has 9 nitrogen and oxygen atoms in total. The summed E-state index contributed by atoms with van der Waals surface area (Å²) in [5.74, 6) is -1.35. The fraction of sp³-hybridized carbons (Fsp3) is 0.323. The number of methoxy groups -OCH3 is 1. The van der Waals surface area contributed by atoms with Gasteiger partial charge in [-0.1, -0.05) is 23.4 Å². The van der Waals surface area contributed by atoms with Gasteiger partial charge in [-0.05, 0) is 83.0 Å². The second-order valence-electron chi connectivity index (χ2n) is 11.4. The highest BCUT2D eigenvalue weighted by Gasteiger charge is 2.36. The number of anilines is 1. The number of carbonyl (C=O) groups excluding carboxylic acids is 2. The lowest BCUT2D eigenvalue weighted by Crippen LogP contribution is -2.44. The van der Waals surface area contributed by atoms with Crippen LogP contribution >= 0.6 is 0 Å². The molecular formula is C31H32F2N2O7. The largest absolute Gasteiger partial charge is 0.496 e. The number of aromatic nitrogens is 1. The molecule has 0 aliphatic heterocycles. The zero-order chi connectivity index (χ0) is 30.8. The van der Waals surface area contributed by atoms with Gasteiger partial charge in [0, 0.05) is 11.6 Å². The van der Waals surface area contributed by atoms with E-state index in [4.69, 9.17) is 23.5 Å². The normalized spacial score (nSPS) is 11.7. The predicted octanol–water partition coefficient (Wildman–Crippen LogP) is 8.04. The van der Waals surface area contributed by atoms with E-state index in [-0.39, 0.29) is 18.2 Å². The van der Waals surface area contributed by atoms with Gasteiger partial charge in [-0.25, -0.2) is 18.4 Å². The molecule has 4 aromatic rings. The van der Waals surface area contributed by atoms with Gasteiger partial charge in [0.1, 0.15) is 29.3 Å². The number of carbonyl (C=O) groups is 2. The van der Waals surface area contributed by atoms with Crippen molar-refractivity contribution in [3.05, 3.63) is 71.8 Å². The van der Waals surface area contributed by atoms with Gasteiger partial charge in [-0.2, -0.15) is 4.90 Å². The first-order valence-corrected chi connectivity index (χ1v) is 13.1. The van der Waals surface area contributed by atoms with Crippen LogP contribution in [0, 0.1) is 11.6 Å². The third kappa shape index (κ3) is 7.15. The van der Waals surface area contributed by atoms with Crippen LogP contribution in [0.3, 0.4) is 0 Å². The first-order valence-electron chi connectivity index (χ1n) is 13.1. The molecule has 1 heterocycles. The number of hydrogen-bond donors (Lipinski definition) is 0. The Balaban J connectivity index is 1.57. The molecule has 0 fully saturated rings. The molecule has 42 heavy (non-hydrogen) atoms. The van der Waals surface area contributed by atoms with Crippen molar-refractivity contribution in [1.29, 1.82) is 0 Å². The number of nitrogens with zero attached hydrogens (tertiary/aromatic N) is 2. The van der Waals surface area contributed by atoms with Crippen LogP contribution < -0.4 is 14.4 Å². The van der Waals surface area contributed by atoms with Gasteiger partial charge in [0.2, 0.25) is 0 Å². The van der Waals surface area contributed by atoms with E-state index in [0.717, 1.165) is 12.1 Å². The molecule has 0 unspecified atom stereocenters. The van der Waals surface area contributed by atoms with Crippen LogP contribution in [0.1, 0.15) is 47.1 Å². The SMILES string of the molecule is COc1cc(F)c(F)cc1-c1ccc(OCc2ccc3onc(N(C(=O)OC(C)(C)C)C(=O)OC(C)(C)C)c3c2)cc1. The highest BCUT2D eigenvalue weighted by molar-refractivity contribution is 6.13. The second-order valence-corrected chi connectivity index (χ2v) is 11.4. The van der Waals surface area contributed by atoms with Gasteiger partial charge < -0.3 is 23.5 Å². The summed E-state index contributed by atoms with van der Waals surface area (Å²) in [5.41, 5.74) is 0.247. The molecule has 0 saturated heterocycles. The summed E-state index contributed by atoms with van der Waals surface area (Å²) in [4.78, 5) is 26.9. The minimum atomic E-state index is -0.996. The Morgan fingerprint density at radius 1 is 0.857 bits per heavy atom. The number of amides is 2. The molecule has 222 valence electrons. The average molecular weight is 583 g/mol. The summed E-state index contributed by atoms with van der Waals surface area (Å²) < 4.78 is 54.8. The van der Waals surface area contributed by atoms with Crippen molar-refractivity contribution >= 4 is 29.0 Å². The van der Waals surface area contributed by atoms with Crippen LogP contribution in [0.5, 0.6) is 11.5 Å². The zero-order valence-corrected chi connectivity index (χ0v) is 24.4. The molecule has 0 aliphatic rings. The molecule has 0 spiro atoms. The van der Waals surface area contributed by atoms with Crippen molar-refractivity contribution in [1.82, 2.24) is 5.16 Å². The van der Waals surface area contributed by atoms with Crippen LogP contribution in [0.4, 0.5) is 24.2 Å². The molecule has 0 radical (unpaired) electrons. The van der Waals surface area contributed by atoms with Crippen molar-refractivity contribution in [3.8, 4) is 22.6 Å². The Morgan fingerprint density at radius 3 is 2.02 bits per heavy atom. The number of imide groups is 1. The molecule has 11 heteroatoms. The summed E-state index contributed by atoms with van der Waals surface area (Å²) in [7, 11) is 1.38. The molecule has 0 N–H and O–H groups in total. The first kappa shape index (κ1) is 30.3. The molecule has 2 amide bonds. The highest BCUT2D eigenvalue weighted by atomic mass is 19.2. The molecule has 4 rings (SSSR count). The van der Waals surface area contributed by atoms with E-state index in [1.807, 2.05) is 0 Å². The fourth-order valence-corrected chi connectivity index (χ4v) is 3.91. The minimum absolute atomic E-state index is 0.0832. The van der Waals surface area contributed by atoms with E-state index in [2.05, 4.69) is 5.16 Å². The maximum Gasteiger partial charge on any atom is 0.425 e. The van der Waals surface area contributed by atoms with Gasteiger partial charge in [-0.15, -0.1) is 0 Å². The lowest BCUT2D eigenvalue weighted by molar-refractivity contribution is 0.0428. The van der Waals surface area contributed by atoms with Crippen molar-refractivity contribution in [2.24, 2.45) is 0 Å². The van der Waals surface area contributed by atoms with Crippen LogP contribution in [0.2, 0.25) is 0 Å². The Hall–Kier alpha value is -4.67. The van der Waals surface area contributed by atoms with E-state index >= 15 is 0 Å². The predicted molar refractivity (Wildman–Crippen MR) is 152 cm³/mol. The van der Waals surface area contributed by atoms with E-state index < -0.39 is 35.0 Å². The summed E-state index contributed by atoms with van der Waals surface area (Å²) >= 11 is 0. The molecule has 0 atom stereocenters. The Bertz CT molecular complexity index is 1570. The van der Waals surface area contributed by atoms with E-state index in [1.54, 1.807) is 84.0 Å². The number of hydrogen-bond acceptors (Lipinski definition) is 8. The Kier molecular flexibility index (Phi) is 8.42. The van der Waals surface area contributed by atoms with E-state index in [1.165, 1.54) is 7.11 Å². The number of rotatable bonds is 6. The molecule has 0 aliphatic carbocycles. The number of halogens is 2. The molecule has 0 saturated carbocycles. The summed E-state index contributed by atoms with van der Waals surface area (Å²) in [6.07, 6.45) is -1.93. The number of fused-ring (bicyclic) bond motifs is 1. The Morgan fingerprint density at radius 2 is 1.45 bits per heavy atom. The lowest BCUT2D eigenvalue weighted by atomic mass is 10.0. The van der Waals surface area contributed by atoms with Crippen LogP contribution in [-0.2, 0) is 16.1 Å². The molecule has 3 aromatic carbocycles. The summed E-state index contributed by atoms with van der Waals surface area (Å²) in [6, 6.07) is 13.9. The first-order chi connectivity index (χ1) is 19.6. The van der Waals surface area contributed by atoms with Crippen molar-refractivity contribution < 1.29 is 41.8 Å². The number of ether oxygens (including phenoxy) is 4. The van der Waals surface area contributed by atoms with Gasteiger partial charge in [0.15, 0.2) is 23.0 Å². The number of benzene rings is 3. The van der Waals surface area contributed by atoms with E-state index in [0.29, 0.717) is 38.3 Å². The maximum absolute atomic E-state index is 13.8. The van der Waals surface area contributed by atoms with E-state index in [9.17, 15) is 18.4 Å². The monoisotopic (exact) mass is 582 g/mol. The Labute approximate surface area is 241 Å². The van der Waals surface area contributed by atoms with Crippen molar-refractivity contribution in [2.45, 2.75) is 59.4 Å². The fourth-order valence-electron chi connectivity index (χ4n) is 3.91. The van der Waals surface area contributed by atoms with Gasteiger partial charge in [-0.3, -0.25) is 0 Å². The van der Waals surface area contributed by atoms with Crippen LogP contribution in [0.15, 0.2) is 59.1 Å². The van der Waals surface area contributed by atoms with Crippen LogP contribution in [0.25, 0.3) is 22.1 Å². The highest BCUT2D eigenvalue weighted by Crippen LogP contribution is 2.34. The second kappa shape index (κ2) is 11.7. The lowest BCUT2D eigenvalue weighted by Gasteiger charge is -2.27. The van der Waals surface area contributed by atoms with Crippen LogP contribution in [-0.4, -0.2) is 35.7 Å². The summed E-state index contributed by atoms with van der Waals surface area (Å²) in [6.45, 7) is 10.2. The summed E-state index contributed by atoms with van der Waals surface area (Å²) in [5, 5.41) is 4.34. The average Bonchev–Trinajstić information content (AvgIpc) is 3.30. The van der Waals surface area contributed by atoms with Gasteiger partial charge in [0.25, 0.3) is 0 Å². The standard InChI is InChI=1S/C31H32F2N2O7/c1-30(2,3)40-28(36)35(29(37)41-31(4,5)6)27-22-14-18(8-13-25(22)42-34-27)17-39-20-11-9-19(10-12-20)21-15-23(32)24(33)16-26(21)38-7/h8-16H,17H2,1-7H3. The van der Waals surface area contributed by atoms with Gasteiger partial charge >= 0.3 is 12.2 Å². The smallest absolute Gasteiger partial charge is 0.425 e. The van der Waals surface area contributed by atoms with Crippen molar-refractivity contribution in [3.63, 3.8) is 0 Å². The van der Waals surface area contributed by atoms with Gasteiger partial charge in [0.05, 0.1) is 12.5 Å². The molecule has 0 bridgehead atoms.